The van der Waals surface area contributed by atoms with E-state index >= 15 is 0 Å². The van der Waals surface area contributed by atoms with E-state index in [-0.39, 0.29) is 17.6 Å². The highest BCUT2D eigenvalue weighted by Crippen LogP contribution is 2.25. The molecule has 0 fully saturated rings. The zero-order valence-electron chi connectivity index (χ0n) is 14.9. The van der Waals surface area contributed by atoms with Crippen molar-refractivity contribution in [1.82, 2.24) is 0 Å². The van der Waals surface area contributed by atoms with E-state index in [1.54, 1.807) is 12.2 Å². The SMILES string of the molecule is Cc1ccc(NC(=O)N=C2C=C(C(C)C)C(=O)C(C(C)C)=C2)cc1. The molecule has 1 aromatic rings. The van der Waals surface area contributed by atoms with Gasteiger partial charge in [0.25, 0.3) is 0 Å². The van der Waals surface area contributed by atoms with Crippen LogP contribution in [0.2, 0.25) is 0 Å². The van der Waals surface area contributed by atoms with Gasteiger partial charge in [-0.3, -0.25) is 4.79 Å². The first-order valence-corrected chi connectivity index (χ1v) is 8.22. The van der Waals surface area contributed by atoms with Crippen LogP contribution in [-0.2, 0) is 4.79 Å². The van der Waals surface area contributed by atoms with Crippen molar-refractivity contribution in [2.45, 2.75) is 34.6 Å². The van der Waals surface area contributed by atoms with Crippen LogP contribution in [-0.4, -0.2) is 17.5 Å². The molecule has 126 valence electrons. The first-order valence-electron chi connectivity index (χ1n) is 8.22. The minimum absolute atomic E-state index is 0.0536. The minimum Gasteiger partial charge on any atom is -0.306 e. The third-order valence-corrected chi connectivity index (χ3v) is 3.91. The number of carbonyl (C=O) groups excluding carboxylic acids is 2. The molecule has 4 nitrogen and oxygen atoms in total. The van der Waals surface area contributed by atoms with E-state index in [2.05, 4.69) is 10.3 Å². The van der Waals surface area contributed by atoms with E-state index in [1.807, 2.05) is 58.9 Å². The predicted molar refractivity (Wildman–Crippen MR) is 98.5 cm³/mol. The number of Topliss-reactive ketones (excluding diaryl/α,β-unsaturated/α-hetero) is 1. The molecule has 0 saturated heterocycles. The summed E-state index contributed by atoms with van der Waals surface area (Å²) in [6, 6.07) is 7.08. The van der Waals surface area contributed by atoms with Crippen LogP contribution in [0.1, 0.15) is 33.3 Å². The molecular weight excluding hydrogens is 300 g/mol. The second-order valence-corrected chi connectivity index (χ2v) is 6.67. The maximum atomic E-state index is 12.5. The quantitative estimate of drug-likeness (QED) is 0.818. The van der Waals surface area contributed by atoms with Crippen LogP contribution in [0, 0.1) is 18.8 Å². The number of amides is 2. The molecule has 4 heteroatoms. The Morgan fingerprint density at radius 1 is 0.958 bits per heavy atom. The van der Waals surface area contributed by atoms with Crippen molar-refractivity contribution in [2.24, 2.45) is 16.8 Å². The Bertz CT molecular complexity index is 705. The van der Waals surface area contributed by atoms with Crippen LogP contribution < -0.4 is 5.32 Å². The maximum Gasteiger partial charge on any atom is 0.345 e. The van der Waals surface area contributed by atoms with Gasteiger partial charge in [0.05, 0.1) is 5.71 Å². The van der Waals surface area contributed by atoms with Gasteiger partial charge in [0.2, 0.25) is 0 Å². The summed E-state index contributed by atoms with van der Waals surface area (Å²) in [5.41, 5.74) is 3.74. The molecule has 0 heterocycles. The third-order valence-electron chi connectivity index (χ3n) is 3.91. The minimum atomic E-state index is -0.443. The van der Waals surface area contributed by atoms with E-state index in [4.69, 9.17) is 0 Å². The number of rotatable bonds is 3. The monoisotopic (exact) mass is 324 g/mol. The van der Waals surface area contributed by atoms with Crippen LogP contribution in [0.3, 0.4) is 0 Å². The Kier molecular flexibility index (Phi) is 5.50. The molecule has 0 saturated carbocycles. The number of ketones is 1. The van der Waals surface area contributed by atoms with E-state index in [0.717, 1.165) is 5.56 Å². The second-order valence-electron chi connectivity index (χ2n) is 6.67. The first kappa shape index (κ1) is 17.9. The van der Waals surface area contributed by atoms with E-state index in [1.165, 1.54) is 0 Å². The molecule has 0 aromatic heterocycles. The number of allylic oxidation sites excluding steroid dienone is 4. The average molecular weight is 324 g/mol. The normalized spacial score (nSPS) is 14.6. The van der Waals surface area contributed by atoms with Gasteiger partial charge in [-0.2, -0.15) is 4.99 Å². The zero-order chi connectivity index (χ0) is 17.9. The molecule has 0 aliphatic heterocycles. The Hall–Kier alpha value is -2.49. The van der Waals surface area contributed by atoms with E-state index < -0.39 is 6.03 Å². The van der Waals surface area contributed by atoms with Gasteiger partial charge < -0.3 is 5.32 Å². The third kappa shape index (κ3) is 4.28. The number of carbonyl (C=O) groups is 2. The molecule has 0 bridgehead atoms. The number of aryl methyl sites for hydroxylation is 1. The summed E-state index contributed by atoms with van der Waals surface area (Å²) in [6.07, 6.45) is 3.43. The predicted octanol–water partition coefficient (Wildman–Crippen LogP) is 4.72. The number of benzene rings is 1. The van der Waals surface area contributed by atoms with Gasteiger partial charge in [-0.1, -0.05) is 45.4 Å². The van der Waals surface area contributed by atoms with Crippen molar-refractivity contribution in [3.63, 3.8) is 0 Å². The molecule has 1 N–H and O–H groups in total. The molecule has 0 atom stereocenters. The summed E-state index contributed by atoms with van der Waals surface area (Å²) in [7, 11) is 0. The highest BCUT2D eigenvalue weighted by molar-refractivity contribution is 6.24. The Morgan fingerprint density at radius 3 is 1.92 bits per heavy atom. The number of anilines is 1. The highest BCUT2D eigenvalue weighted by Gasteiger charge is 2.24. The second kappa shape index (κ2) is 7.39. The number of urea groups is 1. The number of hydrogen-bond acceptors (Lipinski definition) is 2. The van der Waals surface area contributed by atoms with Crippen LogP contribution in [0.15, 0.2) is 52.6 Å². The summed E-state index contributed by atoms with van der Waals surface area (Å²) in [5.74, 6) is 0.230. The van der Waals surface area contributed by atoms with Crippen LogP contribution in [0.5, 0.6) is 0 Å². The summed E-state index contributed by atoms with van der Waals surface area (Å²) in [5, 5.41) is 2.75. The summed E-state index contributed by atoms with van der Waals surface area (Å²) in [6.45, 7) is 9.86. The van der Waals surface area contributed by atoms with Crippen molar-refractivity contribution in [2.75, 3.05) is 5.32 Å². The number of nitrogens with one attached hydrogen (secondary N) is 1. The lowest BCUT2D eigenvalue weighted by Crippen LogP contribution is -2.21. The van der Waals surface area contributed by atoms with Gasteiger partial charge in [0, 0.05) is 16.8 Å². The Morgan fingerprint density at radius 2 is 1.46 bits per heavy atom. The fraction of sp³-hybridized carbons (Fsp3) is 0.350. The van der Waals surface area contributed by atoms with Crippen molar-refractivity contribution in [3.05, 3.63) is 53.1 Å². The standard InChI is InChI=1S/C20H24N2O2/c1-12(2)17-10-16(11-18(13(3)4)19(17)23)22-20(24)21-15-8-6-14(5)7-9-15/h6-13H,1-5H3,(H,21,24). The number of hydrogen-bond donors (Lipinski definition) is 1. The molecule has 0 unspecified atom stereocenters. The van der Waals surface area contributed by atoms with Gasteiger partial charge >= 0.3 is 6.03 Å². The molecule has 0 radical (unpaired) electrons. The molecule has 1 aliphatic rings. The molecule has 24 heavy (non-hydrogen) atoms. The van der Waals surface area contributed by atoms with Gasteiger partial charge in [-0.05, 0) is 43.0 Å². The summed E-state index contributed by atoms with van der Waals surface area (Å²) < 4.78 is 0. The summed E-state index contributed by atoms with van der Waals surface area (Å²) in [4.78, 5) is 28.7. The fourth-order valence-electron chi connectivity index (χ4n) is 2.49. The van der Waals surface area contributed by atoms with Crippen LogP contribution >= 0.6 is 0 Å². The molecular formula is C20H24N2O2. The highest BCUT2D eigenvalue weighted by atomic mass is 16.2. The fourth-order valence-corrected chi connectivity index (χ4v) is 2.49. The van der Waals surface area contributed by atoms with Crippen molar-refractivity contribution >= 4 is 23.2 Å². The molecule has 2 amide bonds. The van der Waals surface area contributed by atoms with Crippen LogP contribution in [0.25, 0.3) is 0 Å². The number of nitrogens with zero attached hydrogens (tertiary/aromatic N) is 1. The van der Waals surface area contributed by atoms with Gasteiger partial charge in [-0.15, -0.1) is 0 Å². The van der Waals surface area contributed by atoms with Crippen molar-refractivity contribution in [1.29, 1.82) is 0 Å². The Balaban J connectivity index is 2.26. The van der Waals surface area contributed by atoms with E-state index in [9.17, 15) is 9.59 Å². The maximum absolute atomic E-state index is 12.5. The first-order chi connectivity index (χ1) is 11.3. The number of aliphatic imine (C=N–C) groups is 1. The van der Waals surface area contributed by atoms with Gasteiger partial charge in [0.15, 0.2) is 5.78 Å². The zero-order valence-corrected chi connectivity index (χ0v) is 14.9. The molecule has 0 spiro atoms. The molecule has 1 aromatic carbocycles. The lowest BCUT2D eigenvalue weighted by atomic mass is 9.84. The van der Waals surface area contributed by atoms with Crippen LogP contribution in [0.4, 0.5) is 10.5 Å². The molecule has 2 rings (SSSR count). The lowest BCUT2D eigenvalue weighted by molar-refractivity contribution is -0.113. The largest absolute Gasteiger partial charge is 0.345 e. The van der Waals surface area contributed by atoms with Gasteiger partial charge in [-0.25, -0.2) is 4.79 Å². The molecule has 1 aliphatic carbocycles. The van der Waals surface area contributed by atoms with Crippen molar-refractivity contribution < 1.29 is 9.59 Å². The average Bonchev–Trinajstić information content (AvgIpc) is 2.50. The Labute approximate surface area is 143 Å². The lowest BCUT2D eigenvalue weighted by Gasteiger charge is -2.19. The van der Waals surface area contributed by atoms with Crippen molar-refractivity contribution in [3.8, 4) is 0 Å². The van der Waals surface area contributed by atoms with E-state index in [0.29, 0.717) is 22.5 Å². The summed E-state index contributed by atoms with van der Waals surface area (Å²) >= 11 is 0. The van der Waals surface area contributed by atoms with Gasteiger partial charge in [0.1, 0.15) is 0 Å². The smallest absolute Gasteiger partial charge is 0.306 e. The topological polar surface area (TPSA) is 58.5 Å².